The van der Waals surface area contributed by atoms with E-state index in [4.69, 9.17) is 5.73 Å². The number of nitrogen functional groups attached to an aromatic ring is 1. The van der Waals surface area contributed by atoms with Gasteiger partial charge in [0.1, 0.15) is 11.6 Å². The molecule has 0 aliphatic heterocycles. The zero-order valence-electron chi connectivity index (χ0n) is 10.9. The summed E-state index contributed by atoms with van der Waals surface area (Å²) >= 11 is 0. The summed E-state index contributed by atoms with van der Waals surface area (Å²) in [6, 6.07) is 1.49. The molecule has 0 bridgehead atoms. The zero-order chi connectivity index (χ0) is 13.7. The van der Waals surface area contributed by atoms with Crippen molar-refractivity contribution in [2.75, 3.05) is 25.9 Å². The van der Waals surface area contributed by atoms with Crippen LogP contribution in [-0.2, 0) is 0 Å². The number of hydrogen-bond acceptors (Lipinski definition) is 4. The predicted molar refractivity (Wildman–Crippen MR) is 68.7 cm³/mol. The number of rotatable bonds is 5. The Labute approximate surface area is 106 Å². The smallest absolute Gasteiger partial charge is 0.255 e. The van der Waals surface area contributed by atoms with E-state index in [2.05, 4.69) is 29.0 Å². The highest BCUT2D eigenvalue weighted by molar-refractivity contribution is 5.98. The van der Waals surface area contributed by atoms with Crippen molar-refractivity contribution in [2.24, 2.45) is 0 Å². The second kappa shape index (κ2) is 6.30. The summed E-state index contributed by atoms with van der Waals surface area (Å²) in [7, 11) is 1.97. The quantitative estimate of drug-likeness (QED) is 0.818. The molecule has 0 atom stereocenters. The Morgan fingerprint density at radius 3 is 2.89 bits per heavy atom. The molecule has 0 saturated heterocycles. The number of nitrogens with zero attached hydrogens (tertiary/aromatic N) is 2. The van der Waals surface area contributed by atoms with Crippen molar-refractivity contribution < 1.29 is 9.18 Å². The third kappa shape index (κ3) is 3.96. The Bertz CT molecular complexity index is 423. The van der Waals surface area contributed by atoms with Crippen LogP contribution < -0.4 is 11.1 Å². The number of amides is 1. The fourth-order valence-corrected chi connectivity index (χ4v) is 1.33. The first-order chi connectivity index (χ1) is 8.41. The van der Waals surface area contributed by atoms with Gasteiger partial charge in [-0.25, -0.2) is 9.37 Å². The second-order valence-corrected chi connectivity index (χ2v) is 4.42. The Morgan fingerprint density at radius 1 is 1.61 bits per heavy atom. The summed E-state index contributed by atoms with van der Waals surface area (Å²) < 4.78 is 13.0. The van der Waals surface area contributed by atoms with Crippen LogP contribution in [0.2, 0.25) is 0 Å². The van der Waals surface area contributed by atoms with Crippen LogP contribution in [0.15, 0.2) is 12.3 Å². The van der Waals surface area contributed by atoms with E-state index in [9.17, 15) is 9.18 Å². The minimum atomic E-state index is -0.575. The lowest BCUT2D eigenvalue weighted by atomic mass is 10.2. The minimum absolute atomic E-state index is 0.0334. The molecule has 1 amide bonds. The third-order valence-electron chi connectivity index (χ3n) is 2.76. The molecule has 1 rings (SSSR count). The lowest BCUT2D eigenvalue weighted by Crippen LogP contribution is -2.36. The lowest BCUT2D eigenvalue weighted by molar-refractivity contribution is 0.0948. The average molecular weight is 254 g/mol. The van der Waals surface area contributed by atoms with Crippen LogP contribution in [0.1, 0.15) is 24.2 Å². The highest BCUT2D eigenvalue weighted by Gasteiger charge is 2.12. The SMILES string of the molecule is CC(C)N(C)CCNC(=O)c1cc(F)cnc1N. The molecule has 6 heteroatoms. The van der Waals surface area contributed by atoms with Gasteiger partial charge >= 0.3 is 0 Å². The van der Waals surface area contributed by atoms with E-state index in [1.807, 2.05) is 7.05 Å². The number of nitrogens with one attached hydrogen (secondary N) is 1. The van der Waals surface area contributed by atoms with Crippen LogP contribution >= 0.6 is 0 Å². The van der Waals surface area contributed by atoms with Crippen LogP contribution in [-0.4, -0.2) is 42.0 Å². The molecule has 0 aromatic carbocycles. The third-order valence-corrected chi connectivity index (χ3v) is 2.76. The van der Waals surface area contributed by atoms with Crippen LogP contribution in [0.25, 0.3) is 0 Å². The van der Waals surface area contributed by atoms with E-state index in [-0.39, 0.29) is 11.4 Å². The first kappa shape index (κ1) is 14.4. The van der Waals surface area contributed by atoms with Crippen molar-refractivity contribution in [2.45, 2.75) is 19.9 Å². The van der Waals surface area contributed by atoms with Gasteiger partial charge in [0.15, 0.2) is 0 Å². The first-order valence-electron chi connectivity index (χ1n) is 5.81. The molecule has 1 heterocycles. The molecule has 0 saturated carbocycles. The number of aromatic nitrogens is 1. The van der Waals surface area contributed by atoms with Crippen molar-refractivity contribution in [3.05, 3.63) is 23.6 Å². The molecule has 18 heavy (non-hydrogen) atoms. The molecule has 0 spiro atoms. The van der Waals surface area contributed by atoms with Crippen molar-refractivity contribution in [3.8, 4) is 0 Å². The van der Waals surface area contributed by atoms with E-state index in [0.29, 0.717) is 19.1 Å². The molecule has 0 unspecified atom stereocenters. The molecule has 1 aromatic rings. The van der Waals surface area contributed by atoms with Crippen molar-refractivity contribution >= 4 is 11.7 Å². The molecule has 0 fully saturated rings. The van der Waals surface area contributed by atoms with Gasteiger partial charge in [-0.3, -0.25) is 4.79 Å². The number of carbonyl (C=O) groups excluding carboxylic acids is 1. The zero-order valence-corrected chi connectivity index (χ0v) is 10.9. The van der Waals surface area contributed by atoms with Crippen molar-refractivity contribution in [1.29, 1.82) is 0 Å². The van der Waals surface area contributed by atoms with E-state index >= 15 is 0 Å². The molecule has 100 valence electrons. The number of pyridine rings is 1. The van der Waals surface area contributed by atoms with E-state index < -0.39 is 11.7 Å². The molecule has 3 N–H and O–H groups in total. The number of carbonyl (C=O) groups is 1. The summed E-state index contributed by atoms with van der Waals surface area (Å²) in [6.07, 6.45) is 0.985. The fourth-order valence-electron chi connectivity index (χ4n) is 1.33. The maximum absolute atomic E-state index is 13.0. The molecule has 5 nitrogen and oxygen atoms in total. The van der Waals surface area contributed by atoms with Gasteiger partial charge in [-0.2, -0.15) is 0 Å². The molecular formula is C12H19FN4O. The van der Waals surface area contributed by atoms with Gasteiger partial charge in [0.2, 0.25) is 0 Å². The normalized spacial score (nSPS) is 11.0. The van der Waals surface area contributed by atoms with Gasteiger partial charge in [0.25, 0.3) is 5.91 Å². The Morgan fingerprint density at radius 2 is 2.28 bits per heavy atom. The molecule has 0 aliphatic rings. The largest absolute Gasteiger partial charge is 0.383 e. The standard InChI is InChI=1S/C12H19FN4O/c1-8(2)17(3)5-4-15-12(18)10-6-9(13)7-16-11(10)14/h6-8H,4-5H2,1-3H3,(H2,14,16)(H,15,18). The van der Waals surface area contributed by atoms with Crippen LogP contribution in [0, 0.1) is 5.82 Å². The number of anilines is 1. The van der Waals surface area contributed by atoms with Gasteiger partial charge in [0, 0.05) is 19.1 Å². The predicted octanol–water partition coefficient (Wildman–Crippen LogP) is 0.873. The van der Waals surface area contributed by atoms with Gasteiger partial charge < -0.3 is 16.0 Å². The highest BCUT2D eigenvalue weighted by atomic mass is 19.1. The maximum atomic E-state index is 13.0. The average Bonchev–Trinajstić information content (AvgIpc) is 2.31. The van der Waals surface area contributed by atoms with Gasteiger partial charge in [0.05, 0.1) is 11.8 Å². The molecule has 0 aliphatic carbocycles. The summed E-state index contributed by atoms with van der Waals surface area (Å²) in [6.45, 7) is 5.32. The summed E-state index contributed by atoms with van der Waals surface area (Å²) in [5.41, 5.74) is 5.59. The molecule has 0 radical (unpaired) electrons. The Kier molecular flexibility index (Phi) is 5.03. The summed E-state index contributed by atoms with van der Waals surface area (Å²) in [5, 5.41) is 2.69. The summed E-state index contributed by atoms with van der Waals surface area (Å²) in [4.78, 5) is 17.4. The Hall–Kier alpha value is -1.69. The van der Waals surface area contributed by atoms with E-state index in [1.54, 1.807) is 0 Å². The molecular weight excluding hydrogens is 235 g/mol. The maximum Gasteiger partial charge on any atom is 0.255 e. The second-order valence-electron chi connectivity index (χ2n) is 4.42. The molecule has 1 aromatic heterocycles. The van der Waals surface area contributed by atoms with Crippen molar-refractivity contribution in [3.63, 3.8) is 0 Å². The topological polar surface area (TPSA) is 71.2 Å². The number of likely N-dealkylation sites (N-methyl/N-ethyl adjacent to an activating group) is 1. The number of hydrogen-bond donors (Lipinski definition) is 2. The minimum Gasteiger partial charge on any atom is -0.383 e. The fraction of sp³-hybridized carbons (Fsp3) is 0.500. The van der Waals surface area contributed by atoms with Crippen LogP contribution in [0.4, 0.5) is 10.2 Å². The number of halogens is 1. The lowest BCUT2D eigenvalue weighted by Gasteiger charge is -2.20. The van der Waals surface area contributed by atoms with Gasteiger partial charge in [-0.05, 0) is 27.0 Å². The monoisotopic (exact) mass is 254 g/mol. The van der Waals surface area contributed by atoms with Crippen LogP contribution in [0.5, 0.6) is 0 Å². The van der Waals surface area contributed by atoms with E-state index in [1.165, 1.54) is 0 Å². The van der Waals surface area contributed by atoms with Gasteiger partial charge in [-0.15, -0.1) is 0 Å². The van der Waals surface area contributed by atoms with Crippen molar-refractivity contribution in [1.82, 2.24) is 15.2 Å². The van der Waals surface area contributed by atoms with Gasteiger partial charge in [-0.1, -0.05) is 0 Å². The highest BCUT2D eigenvalue weighted by Crippen LogP contribution is 2.09. The van der Waals surface area contributed by atoms with E-state index in [0.717, 1.165) is 12.3 Å². The summed E-state index contributed by atoms with van der Waals surface area (Å²) in [5.74, 6) is -0.948. The number of nitrogens with two attached hydrogens (primary N) is 1. The first-order valence-corrected chi connectivity index (χ1v) is 5.81. The Balaban J connectivity index is 2.53. The van der Waals surface area contributed by atoms with Crippen LogP contribution in [0.3, 0.4) is 0 Å².